The summed E-state index contributed by atoms with van der Waals surface area (Å²) in [6.45, 7) is 1.29. The van der Waals surface area contributed by atoms with Crippen molar-refractivity contribution in [2.45, 2.75) is 37.5 Å². The van der Waals surface area contributed by atoms with E-state index in [9.17, 15) is 4.79 Å². The van der Waals surface area contributed by atoms with Gasteiger partial charge in [-0.15, -0.1) is 0 Å². The molecule has 3 atom stereocenters. The lowest BCUT2D eigenvalue weighted by Crippen LogP contribution is -2.54. The first-order chi connectivity index (χ1) is 11.8. The van der Waals surface area contributed by atoms with Gasteiger partial charge < -0.3 is 14.4 Å². The molecule has 0 spiro atoms. The fourth-order valence-corrected chi connectivity index (χ4v) is 4.10. The Labute approximate surface area is 142 Å². The van der Waals surface area contributed by atoms with E-state index in [-0.39, 0.29) is 24.2 Å². The zero-order chi connectivity index (χ0) is 16.5. The van der Waals surface area contributed by atoms with Crippen LogP contribution in [0.25, 0.3) is 10.8 Å². The molecule has 4 rings (SSSR count). The topological polar surface area (TPSA) is 38.8 Å². The van der Waals surface area contributed by atoms with Crippen molar-refractivity contribution in [3.63, 3.8) is 0 Å². The molecule has 1 heterocycles. The van der Waals surface area contributed by atoms with Crippen molar-refractivity contribution < 1.29 is 14.3 Å². The van der Waals surface area contributed by atoms with Crippen LogP contribution in [0.2, 0.25) is 0 Å². The molecule has 1 aliphatic carbocycles. The van der Waals surface area contributed by atoms with Gasteiger partial charge in [-0.1, -0.05) is 42.5 Å². The first kappa shape index (κ1) is 15.6. The normalized spacial score (nSPS) is 26.5. The number of carbonyl (C=O) groups excluding carboxylic acids is 1. The first-order valence-corrected chi connectivity index (χ1v) is 8.68. The van der Waals surface area contributed by atoms with Gasteiger partial charge in [0.15, 0.2) is 0 Å². The van der Waals surface area contributed by atoms with E-state index in [1.165, 1.54) is 10.8 Å². The smallest absolute Gasteiger partial charge is 0.227 e. The van der Waals surface area contributed by atoms with E-state index in [1.54, 1.807) is 7.11 Å². The summed E-state index contributed by atoms with van der Waals surface area (Å²) in [6.07, 6.45) is 2.53. The van der Waals surface area contributed by atoms with Gasteiger partial charge in [0, 0.05) is 13.7 Å². The fourth-order valence-electron chi connectivity index (χ4n) is 4.10. The zero-order valence-electron chi connectivity index (χ0n) is 14.0. The molecule has 1 saturated heterocycles. The molecule has 4 nitrogen and oxygen atoms in total. The number of fused-ring (bicyclic) bond motifs is 2. The van der Waals surface area contributed by atoms with Crippen molar-refractivity contribution >= 4 is 16.7 Å². The highest BCUT2D eigenvalue weighted by molar-refractivity contribution is 5.85. The number of ether oxygens (including phenoxy) is 2. The molecule has 24 heavy (non-hydrogen) atoms. The van der Waals surface area contributed by atoms with Crippen molar-refractivity contribution in [3.05, 3.63) is 48.0 Å². The molecule has 0 N–H and O–H groups in total. The number of morpholine rings is 1. The first-order valence-electron chi connectivity index (χ1n) is 8.68. The highest BCUT2D eigenvalue weighted by atomic mass is 16.5. The minimum Gasteiger partial charge on any atom is -0.379 e. The third kappa shape index (κ3) is 2.80. The van der Waals surface area contributed by atoms with Crippen LogP contribution in [0.5, 0.6) is 0 Å². The van der Waals surface area contributed by atoms with Gasteiger partial charge in [-0.25, -0.2) is 0 Å². The molecular weight excluding hydrogens is 302 g/mol. The highest BCUT2D eigenvalue weighted by Gasteiger charge is 2.44. The van der Waals surface area contributed by atoms with Crippen LogP contribution in [0, 0.1) is 0 Å². The maximum atomic E-state index is 12.9. The van der Waals surface area contributed by atoms with Gasteiger partial charge in [-0.05, 0) is 29.2 Å². The van der Waals surface area contributed by atoms with Gasteiger partial charge in [-0.2, -0.15) is 0 Å². The summed E-state index contributed by atoms with van der Waals surface area (Å²) in [7, 11) is 1.73. The van der Waals surface area contributed by atoms with Gasteiger partial charge in [-0.3, -0.25) is 4.79 Å². The molecule has 0 unspecified atom stereocenters. The second-order valence-electron chi connectivity index (χ2n) is 6.70. The van der Waals surface area contributed by atoms with E-state index in [4.69, 9.17) is 9.47 Å². The number of carbonyl (C=O) groups is 1. The summed E-state index contributed by atoms with van der Waals surface area (Å²) in [5, 5.41) is 2.39. The SMILES string of the molecule is CO[C@@H]1CC[C@@H]2[C@@H]1OCCN2C(=O)Cc1ccc2ccccc2c1. The molecular formula is C20H23NO3. The number of hydrogen-bond donors (Lipinski definition) is 0. The fraction of sp³-hybridized carbons (Fsp3) is 0.450. The number of rotatable bonds is 3. The number of nitrogens with zero attached hydrogens (tertiary/aromatic N) is 1. The van der Waals surface area contributed by atoms with Crippen LogP contribution >= 0.6 is 0 Å². The van der Waals surface area contributed by atoms with Crippen LogP contribution < -0.4 is 0 Å². The third-order valence-electron chi connectivity index (χ3n) is 5.33. The van der Waals surface area contributed by atoms with Crippen molar-refractivity contribution in [1.29, 1.82) is 0 Å². The molecule has 126 valence electrons. The Hall–Kier alpha value is -1.91. The zero-order valence-corrected chi connectivity index (χ0v) is 14.0. The van der Waals surface area contributed by atoms with Crippen molar-refractivity contribution in [2.24, 2.45) is 0 Å². The van der Waals surface area contributed by atoms with Crippen LogP contribution in [0.4, 0.5) is 0 Å². The summed E-state index contributed by atoms with van der Waals surface area (Å²) < 4.78 is 11.4. The molecule has 2 aromatic rings. The predicted octanol–water partition coefficient (Wildman–Crippen LogP) is 2.79. The minimum atomic E-state index is 0.0318. The number of benzene rings is 2. The molecule has 1 amide bonds. The van der Waals surface area contributed by atoms with E-state index >= 15 is 0 Å². The van der Waals surface area contributed by atoms with E-state index in [0.717, 1.165) is 18.4 Å². The second kappa shape index (κ2) is 6.54. The van der Waals surface area contributed by atoms with E-state index < -0.39 is 0 Å². The monoisotopic (exact) mass is 325 g/mol. The standard InChI is InChI=1S/C20H23NO3/c1-23-18-9-8-17-20(18)24-11-10-21(17)19(22)13-14-6-7-15-4-2-3-5-16(15)12-14/h2-7,12,17-18,20H,8-11,13H2,1H3/t17-,18-,20+/m1/s1. The Bertz CT molecular complexity index is 744. The van der Waals surface area contributed by atoms with Crippen LogP contribution in [-0.4, -0.2) is 49.3 Å². The lowest BCUT2D eigenvalue weighted by atomic mass is 10.0. The molecule has 0 aromatic heterocycles. The summed E-state index contributed by atoms with van der Waals surface area (Å²) in [5.41, 5.74) is 1.07. The summed E-state index contributed by atoms with van der Waals surface area (Å²) in [5.74, 6) is 0.195. The average molecular weight is 325 g/mol. The van der Waals surface area contributed by atoms with Crippen LogP contribution in [-0.2, 0) is 20.7 Å². The number of methoxy groups -OCH3 is 1. The van der Waals surface area contributed by atoms with E-state index in [1.807, 2.05) is 17.0 Å². The second-order valence-corrected chi connectivity index (χ2v) is 6.70. The molecule has 4 heteroatoms. The molecule has 2 aromatic carbocycles. The Balaban J connectivity index is 1.50. The Morgan fingerprint density at radius 3 is 2.88 bits per heavy atom. The third-order valence-corrected chi connectivity index (χ3v) is 5.33. The van der Waals surface area contributed by atoms with Gasteiger partial charge >= 0.3 is 0 Å². The lowest BCUT2D eigenvalue weighted by Gasteiger charge is -2.39. The maximum Gasteiger partial charge on any atom is 0.227 e. The summed E-state index contributed by atoms with van der Waals surface area (Å²) in [4.78, 5) is 14.9. The van der Waals surface area contributed by atoms with Gasteiger partial charge in [0.2, 0.25) is 5.91 Å². The van der Waals surface area contributed by atoms with Crippen LogP contribution in [0.15, 0.2) is 42.5 Å². The van der Waals surface area contributed by atoms with Crippen molar-refractivity contribution in [1.82, 2.24) is 4.90 Å². The van der Waals surface area contributed by atoms with Crippen molar-refractivity contribution in [2.75, 3.05) is 20.3 Å². The summed E-state index contributed by atoms with van der Waals surface area (Å²) >= 11 is 0. The highest BCUT2D eigenvalue weighted by Crippen LogP contribution is 2.32. The van der Waals surface area contributed by atoms with Crippen LogP contribution in [0.3, 0.4) is 0 Å². The minimum absolute atomic E-state index is 0.0318. The van der Waals surface area contributed by atoms with Gasteiger partial charge in [0.25, 0.3) is 0 Å². The van der Waals surface area contributed by atoms with Gasteiger partial charge in [0.05, 0.1) is 25.2 Å². The molecule has 0 bridgehead atoms. The number of amides is 1. The molecule has 2 aliphatic rings. The van der Waals surface area contributed by atoms with Crippen LogP contribution in [0.1, 0.15) is 18.4 Å². The van der Waals surface area contributed by atoms with Gasteiger partial charge in [0.1, 0.15) is 6.10 Å². The average Bonchev–Trinajstić information content (AvgIpc) is 3.04. The molecule has 1 aliphatic heterocycles. The maximum absolute atomic E-state index is 12.9. The van der Waals surface area contributed by atoms with Crippen molar-refractivity contribution in [3.8, 4) is 0 Å². The Morgan fingerprint density at radius 1 is 1.21 bits per heavy atom. The predicted molar refractivity (Wildman–Crippen MR) is 92.9 cm³/mol. The largest absolute Gasteiger partial charge is 0.379 e. The van der Waals surface area contributed by atoms with E-state index in [0.29, 0.717) is 19.6 Å². The lowest BCUT2D eigenvalue weighted by molar-refractivity contribution is -0.149. The quantitative estimate of drug-likeness (QED) is 0.871. The Kier molecular flexibility index (Phi) is 4.25. The Morgan fingerprint density at radius 2 is 2.04 bits per heavy atom. The molecule has 2 fully saturated rings. The number of hydrogen-bond acceptors (Lipinski definition) is 3. The van der Waals surface area contributed by atoms with E-state index in [2.05, 4.69) is 30.3 Å². The molecule has 1 saturated carbocycles. The summed E-state index contributed by atoms with van der Waals surface area (Å²) in [6, 6.07) is 14.7. The molecule has 0 radical (unpaired) electrons.